The Kier molecular flexibility index (Phi) is 6.66. The number of piperazine rings is 1. The van der Waals surface area contributed by atoms with Crippen molar-refractivity contribution in [2.45, 2.75) is 25.6 Å². The van der Waals surface area contributed by atoms with Gasteiger partial charge in [0.2, 0.25) is 0 Å². The molecule has 1 aliphatic heterocycles. The van der Waals surface area contributed by atoms with Crippen LogP contribution in [0, 0.1) is 5.82 Å². The summed E-state index contributed by atoms with van der Waals surface area (Å²) in [5.41, 5.74) is 1.90. The number of nitrogens with zero attached hydrogens (tertiary/aromatic N) is 2. The Morgan fingerprint density at radius 1 is 1.11 bits per heavy atom. The first-order chi connectivity index (χ1) is 13.1. The van der Waals surface area contributed by atoms with E-state index in [2.05, 4.69) is 9.80 Å². The molecule has 6 heteroatoms. The molecule has 0 amide bonds. The van der Waals surface area contributed by atoms with E-state index >= 15 is 0 Å². The minimum absolute atomic E-state index is 0.128. The number of hydrogen-bond donors (Lipinski definition) is 2. The van der Waals surface area contributed by atoms with E-state index in [1.165, 1.54) is 12.1 Å². The number of methoxy groups -OCH3 is 1. The number of phenols is 1. The summed E-state index contributed by atoms with van der Waals surface area (Å²) >= 11 is 0. The number of aliphatic hydroxyl groups is 1. The molecule has 27 heavy (non-hydrogen) atoms. The molecule has 2 N–H and O–H groups in total. The minimum Gasteiger partial charge on any atom is -0.504 e. The highest BCUT2D eigenvalue weighted by molar-refractivity contribution is 5.45. The molecule has 0 aliphatic carbocycles. The third-order valence-electron chi connectivity index (χ3n) is 5.15. The van der Waals surface area contributed by atoms with Gasteiger partial charge < -0.3 is 14.9 Å². The number of hydrogen-bond acceptors (Lipinski definition) is 5. The van der Waals surface area contributed by atoms with Crippen LogP contribution < -0.4 is 4.74 Å². The summed E-state index contributed by atoms with van der Waals surface area (Å²) in [5.74, 6) is 0.440. The van der Waals surface area contributed by atoms with E-state index < -0.39 is 0 Å². The lowest BCUT2D eigenvalue weighted by molar-refractivity contribution is 0.0496. The third kappa shape index (κ3) is 4.97. The van der Waals surface area contributed by atoms with E-state index in [0.29, 0.717) is 18.7 Å². The first-order valence-electron chi connectivity index (χ1n) is 9.27. The zero-order chi connectivity index (χ0) is 19.2. The molecular formula is C21H27FN2O3. The van der Waals surface area contributed by atoms with Crippen molar-refractivity contribution in [2.24, 2.45) is 0 Å². The standard InChI is InChI=1S/C21H27FN2O3/c1-27-20-4-2-3-17(21(20)26)14-23-10-11-24(19(15-23)9-12-25)13-16-5-7-18(22)8-6-16/h2-8,19,25-26H,9-15H2,1H3. The van der Waals surface area contributed by atoms with Crippen molar-refractivity contribution in [3.63, 3.8) is 0 Å². The number of aromatic hydroxyl groups is 1. The number of rotatable bonds is 7. The van der Waals surface area contributed by atoms with Crippen LogP contribution in [0.4, 0.5) is 4.39 Å². The van der Waals surface area contributed by atoms with E-state index in [9.17, 15) is 14.6 Å². The van der Waals surface area contributed by atoms with Gasteiger partial charge >= 0.3 is 0 Å². The van der Waals surface area contributed by atoms with E-state index in [1.54, 1.807) is 13.2 Å². The van der Waals surface area contributed by atoms with Crippen molar-refractivity contribution >= 4 is 0 Å². The number of aliphatic hydroxyl groups excluding tert-OH is 1. The van der Waals surface area contributed by atoms with Crippen molar-refractivity contribution < 1.29 is 19.3 Å². The maximum Gasteiger partial charge on any atom is 0.162 e. The van der Waals surface area contributed by atoms with Gasteiger partial charge in [0.05, 0.1) is 7.11 Å². The van der Waals surface area contributed by atoms with E-state index in [1.807, 2.05) is 24.3 Å². The van der Waals surface area contributed by atoms with Gasteiger partial charge in [-0.1, -0.05) is 24.3 Å². The largest absolute Gasteiger partial charge is 0.504 e. The van der Waals surface area contributed by atoms with Crippen LogP contribution in [-0.2, 0) is 13.1 Å². The van der Waals surface area contributed by atoms with Gasteiger partial charge in [-0.15, -0.1) is 0 Å². The highest BCUT2D eigenvalue weighted by Gasteiger charge is 2.27. The number of para-hydroxylation sites is 1. The van der Waals surface area contributed by atoms with Gasteiger partial charge in [0, 0.05) is 50.9 Å². The molecule has 1 aliphatic rings. The number of benzene rings is 2. The van der Waals surface area contributed by atoms with Crippen molar-refractivity contribution in [2.75, 3.05) is 33.4 Å². The summed E-state index contributed by atoms with van der Waals surface area (Å²) in [4.78, 5) is 4.63. The average Bonchev–Trinajstić information content (AvgIpc) is 2.67. The van der Waals surface area contributed by atoms with Crippen LogP contribution >= 0.6 is 0 Å². The Bertz CT molecular complexity index is 739. The molecule has 0 aromatic heterocycles. The minimum atomic E-state index is -0.228. The van der Waals surface area contributed by atoms with Crippen LogP contribution in [-0.4, -0.2) is 59.4 Å². The van der Waals surface area contributed by atoms with Crippen molar-refractivity contribution in [1.82, 2.24) is 9.80 Å². The van der Waals surface area contributed by atoms with Crippen LogP contribution in [0.15, 0.2) is 42.5 Å². The fourth-order valence-corrected chi connectivity index (χ4v) is 3.66. The van der Waals surface area contributed by atoms with Crippen LogP contribution in [0.1, 0.15) is 17.5 Å². The number of phenolic OH excluding ortho intramolecular Hbond substituents is 1. The lowest BCUT2D eigenvalue weighted by atomic mass is 10.1. The molecule has 1 atom stereocenters. The first kappa shape index (κ1) is 19.6. The molecule has 1 fully saturated rings. The predicted octanol–water partition coefficient (Wildman–Crippen LogP) is 2.61. The number of ether oxygens (including phenoxy) is 1. The topological polar surface area (TPSA) is 56.2 Å². The quantitative estimate of drug-likeness (QED) is 0.780. The van der Waals surface area contributed by atoms with Crippen molar-refractivity contribution in [3.8, 4) is 11.5 Å². The Morgan fingerprint density at radius 2 is 1.89 bits per heavy atom. The predicted molar refractivity (Wildman–Crippen MR) is 102 cm³/mol. The lowest BCUT2D eigenvalue weighted by Gasteiger charge is -2.41. The highest BCUT2D eigenvalue weighted by Crippen LogP contribution is 2.31. The molecule has 0 spiro atoms. The zero-order valence-corrected chi connectivity index (χ0v) is 15.6. The maximum absolute atomic E-state index is 13.1. The van der Waals surface area contributed by atoms with Crippen molar-refractivity contribution in [1.29, 1.82) is 0 Å². The summed E-state index contributed by atoms with van der Waals surface area (Å²) in [7, 11) is 1.55. The van der Waals surface area contributed by atoms with Crippen LogP contribution in [0.3, 0.4) is 0 Å². The molecule has 2 aromatic rings. The Labute approximate surface area is 159 Å². The SMILES string of the molecule is COc1cccc(CN2CCN(Cc3ccc(F)cc3)C(CCO)C2)c1O. The molecule has 1 unspecified atom stereocenters. The van der Waals surface area contributed by atoms with Crippen LogP contribution in [0.2, 0.25) is 0 Å². The zero-order valence-electron chi connectivity index (χ0n) is 15.6. The Morgan fingerprint density at radius 3 is 2.59 bits per heavy atom. The van der Waals surface area contributed by atoms with Gasteiger partial charge in [0.25, 0.3) is 0 Å². The fourth-order valence-electron chi connectivity index (χ4n) is 3.66. The summed E-state index contributed by atoms with van der Waals surface area (Å²) in [5, 5.41) is 19.8. The molecule has 146 valence electrons. The molecule has 0 bridgehead atoms. The molecule has 3 rings (SSSR count). The first-order valence-corrected chi connectivity index (χ1v) is 9.27. The van der Waals surface area contributed by atoms with Gasteiger partial charge in [-0.2, -0.15) is 0 Å². The van der Waals surface area contributed by atoms with Crippen LogP contribution in [0.25, 0.3) is 0 Å². The second-order valence-electron chi connectivity index (χ2n) is 6.97. The number of halogens is 1. The summed E-state index contributed by atoms with van der Waals surface area (Å²) in [6.45, 7) is 4.02. The van der Waals surface area contributed by atoms with Crippen LogP contribution in [0.5, 0.6) is 11.5 Å². The normalized spacial score (nSPS) is 18.6. The maximum atomic E-state index is 13.1. The van der Waals surface area contributed by atoms with E-state index in [-0.39, 0.29) is 24.2 Å². The Hall–Kier alpha value is -2.15. The van der Waals surface area contributed by atoms with Gasteiger partial charge in [0.1, 0.15) is 5.82 Å². The average molecular weight is 374 g/mol. The third-order valence-corrected chi connectivity index (χ3v) is 5.15. The molecule has 0 radical (unpaired) electrons. The van der Waals surface area contributed by atoms with Gasteiger partial charge in [-0.25, -0.2) is 4.39 Å². The molecule has 1 saturated heterocycles. The Balaban J connectivity index is 1.65. The fraction of sp³-hybridized carbons (Fsp3) is 0.429. The molecule has 5 nitrogen and oxygen atoms in total. The summed E-state index contributed by atoms with van der Waals surface area (Å²) in [6, 6.07) is 12.3. The molecular weight excluding hydrogens is 347 g/mol. The highest BCUT2D eigenvalue weighted by atomic mass is 19.1. The smallest absolute Gasteiger partial charge is 0.162 e. The molecule has 2 aromatic carbocycles. The summed E-state index contributed by atoms with van der Waals surface area (Å²) < 4.78 is 18.3. The van der Waals surface area contributed by atoms with E-state index in [0.717, 1.165) is 37.3 Å². The second-order valence-corrected chi connectivity index (χ2v) is 6.97. The molecule has 1 heterocycles. The second kappa shape index (κ2) is 9.17. The van der Waals surface area contributed by atoms with E-state index in [4.69, 9.17) is 4.74 Å². The van der Waals surface area contributed by atoms with Gasteiger partial charge in [-0.3, -0.25) is 9.80 Å². The lowest BCUT2D eigenvalue weighted by Crippen LogP contribution is -2.52. The van der Waals surface area contributed by atoms with Gasteiger partial charge in [0.15, 0.2) is 11.5 Å². The monoisotopic (exact) mass is 374 g/mol. The summed E-state index contributed by atoms with van der Waals surface area (Å²) in [6.07, 6.45) is 0.682. The molecule has 0 saturated carbocycles. The van der Waals surface area contributed by atoms with Crippen molar-refractivity contribution in [3.05, 3.63) is 59.4 Å². The van der Waals surface area contributed by atoms with Gasteiger partial charge in [-0.05, 0) is 30.2 Å².